The first-order valence-corrected chi connectivity index (χ1v) is 8.03. The zero-order valence-electron chi connectivity index (χ0n) is 11.5. The molecule has 4 heteroatoms. The SMILES string of the molecule is CC1CCCCC1N(C)c1ccc(Br)cc1C(N)=S. The van der Waals surface area contributed by atoms with Gasteiger partial charge in [0.2, 0.25) is 0 Å². The summed E-state index contributed by atoms with van der Waals surface area (Å²) in [7, 11) is 2.16. The molecule has 1 aliphatic rings. The Bertz CT molecular complexity index is 475. The lowest BCUT2D eigenvalue weighted by atomic mass is 9.84. The standard InChI is InChI=1S/C15H21BrN2S/c1-10-5-3-4-6-13(10)18(2)14-8-7-11(16)9-12(14)15(17)19/h7-10,13H,3-6H2,1-2H3,(H2,17,19). The summed E-state index contributed by atoms with van der Waals surface area (Å²) in [5.74, 6) is 0.724. The average molecular weight is 341 g/mol. The number of hydrogen-bond donors (Lipinski definition) is 1. The van der Waals surface area contributed by atoms with E-state index in [1.165, 1.54) is 25.7 Å². The van der Waals surface area contributed by atoms with Gasteiger partial charge in [-0.15, -0.1) is 0 Å². The van der Waals surface area contributed by atoms with Crippen LogP contribution in [-0.4, -0.2) is 18.1 Å². The van der Waals surface area contributed by atoms with Gasteiger partial charge in [0.25, 0.3) is 0 Å². The zero-order valence-corrected chi connectivity index (χ0v) is 13.9. The Hall–Kier alpha value is -0.610. The van der Waals surface area contributed by atoms with Gasteiger partial charge in [0.05, 0.1) is 0 Å². The highest BCUT2D eigenvalue weighted by atomic mass is 79.9. The minimum absolute atomic E-state index is 0.464. The van der Waals surface area contributed by atoms with Crippen molar-refractivity contribution in [3.63, 3.8) is 0 Å². The fraction of sp³-hybridized carbons (Fsp3) is 0.533. The highest BCUT2D eigenvalue weighted by Gasteiger charge is 2.26. The molecule has 1 fully saturated rings. The van der Waals surface area contributed by atoms with Crippen LogP contribution in [0.1, 0.15) is 38.2 Å². The fourth-order valence-corrected chi connectivity index (χ4v) is 3.59. The Labute approximate surface area is 129 Å². The summed E-state index contributed by atoms with van der Waals surface area (Å²) in [4.78, 5) is 2.83. The molecule has 2 nitrogen and oxygen atoms in total. The lowest BCUT2D eigenvalue weighted by Gasteiger charge is -2.38. The van der Waals surface area contributed by atoms with E-state index >= 15 is 0 Å². The number of anilines is 1. The quantitative estimate of drug-likeness (QED) is 0.840. The highest BCUT2D eigenvalue weighted by molar-refractivity contribution is 9.10. The van der Waals surface area contributed by atoms with Gasteiger partial charge in [-0.25, -0.2) is 0 Å². The van der Waals surface area contributed by atoms with Gasteiger partial charge < -0.3 is 10.6 Å². The van der Waals surface area contributed by atoms with E-state index in [1.54, 1.807) is 0 Å². The molecule has 0 radical (unpaired) electrons. The number of nitrogens with two attached hydrogens (primary N) is 1. The summed E-state index contributed by atoms with van der Waals surface area (Å²) < 4.78 is 1.02. The number of nitrogens with zero attached hydrogens (tertiary/aromatic N) is 1. The minimum atomic E-state index is 0.464. The van der Waals surface area contributed by atoms with Crippen LogP contribution in [0.15, 0.2) is 22.7 Å². The van der Waals surface area contributed by atoms with Crippen molar-refractivity contribution >= 4 is 38.8 Å². The summed E-state index contributed by atoms with van der Waals surface area (Å²) in [5, 5.41) is 0. The van der Waals surface area contributed by atoms with E-state index < -0.39 is 0 Å². The lowest BCUT2D eigenvalue weighted by Crippen LogP contribution is -2.39. The predicted molar refractivity (Wildman–Crippen MR) is 89.9 cm³/mol. The molecule has 104 valence electrons. The van der Waals surface area contributed by atoms with Crippen LogP contribution in [0.4, 0.5) is 5.69 Å². The maximum Gasteiger partial charge on any atom is 0.106 e. The Balaban J connectivity index is 2.32. The molecule has 0 aromatic heterocycles. The summed E-state index contributed by atoms with van der Waals surface area (Å²) in [6.07, 6.45) is 5.24. The molecule has 0 heterocycles. The van der Waals surface area contributed by atoms with Crippen LogP contribution in [0.3, 0.4) is 0 Å². The Morgan fingerprint density at radius 3 is 2.68 bits per heavy atom. The van der Waals surface area contributed by atoms with E-state index in [9.17, 15) is 0 Å². The molecule has 0 bridgehead atoms. The van der Waals surface area contributed by atoms with E-state index in [-0.39, 0.29) is 0 Å². The first-order chi connectivity index (χ1) is 9.00. The molecule has 0 amide bonds. The molecule has 1 aromatic carbocycles. The van der Waals surface area contributed by atoms with Gasteiger partial charge in [0.1, 0.15) is 4.99 Å². The Morgan fingerprint density at radius 2 is 2.05 bits per heavy atom. The number of thiocarbonyl (C=S) groups is 1. The highest BCUT2D eigenvalue weighted by Crippen LogP contribution is 2.33. The van der Waals surface area contributed by atoms with Crippen LogP contribution in [0, 0.1) is 5.92 Å². The van der Waals surface area contributed by atoms with Crippen molar-refractivity contribution in [1.82, 2.24) is 0 Å². The molecule has 19 heavy (non-hydrogen) atoms. The van der Waals surface area contributed by atoms with Crippen LogP contribution in [-0.2, 0) is 0 Å². The van der Waals surface area contributed by atoms with Gasteiger partial charge in [0, 0.05) is 28.8 Å². The third-order valence-electron chi connectivity index (χ3n) is 4.17. The predicted octanol–water partition coefficient (Wildman–Crippen LogP) is 4.10. The maximum atomic E-state index is 5.87. The molecular weight excluding hydrogens is 320 g/mol. The van der Waals surface area contributed by atoms with Crippen molar-refractivity contribution in [3.8, 4) is 0 Å². The van der Waals surface area contributed by atoms with Crippen molar-refractivity contribution in [2.75, 3.05) is 11.9 Å². The normalized spacial score (nSPS) is 23.1. The topological polar surface area (TPSA) is 29.3 Å². The van der Waals surface area contributed by atoms with Crippen LogP contribution in [0.25, 0.3) is 0 Å². The lowest BCUT2D eigenvalue weighted by molar-refractivity contribution is 0.321. The van der Waals surface area contributed by atoms with Gasteiger partial charge in [-0.1, -0.05) is 47.9 Å². The molecule has 2 N–H and O–H groups in total. The van der Waals surface area contributed by atoms with E-state index in [4.69, 9.17) is 18.0 Å². The van der Waals surface area contributed by atoms with Crippen molar-refractivity contribution in [2.24, 2.45) is 11.7 Å². The van der Waals surface area contributed by atoms with Crippen LogP contribution in [0.2, 0.25) is 0 Å². The molecule has 2 rings (SSSR count). The summed E-state index contributed by atoms with van der Waals surface area (Å²) in [5.41, 5.74) is 7.98. The number of rotatable bonds is 3. The molecule has 0 aliphatic heterocycles. The first kappa shape index (κ1) is 14.8. The van der Waals surface area contributed by atoms with E-state index in [2.05, 4.69) is 46.9 Å². The largest absolute Gasteiger partial charge is 0.389 e. The van der Waals surface area contributed by atoms with Crippen LogP contribution < -0.4 is 10.6 Å². The smallest absolute Gasteiger partial charge is 0.106 e. The van der Waals surface area contributed by atoms with Crippen molar-refractivity contribution in [2.45, 2.75) is 38.6 Å². The minimum Gasteiger partial charge on any atom is -0.389 e. The Morgan fingerprint density at radius 1 is 1.37 bits per heavy atom. The van der Waals surface area contributed by atoms with E-state index in [1.807, 2.05) is 6.07 Å². The number of hydrogen-bond acceptors (Lipinski definition) is 2. The summed E-state index contributed by atoms with van der Waals surface area (Å²) >= 11 is 8.68. The molecule has 1 aliphatic carbocycles. The molecule has 0 spiro atoms. The van der Waals surface area contributed by atoms with Gasteiger partial charge in [-0.3, -0.25) is 0 Å². The monoisotopic (exact) mass is 340 g/mol. The second-order valence-corrected chi connectivity index (χ2v) is 6.82. The van der Waals surface area contributed by atoms with E-state index in [0.29, 0.717) is 11.0 Å². The van der Waals surface area contributed by atoms with Crippen LogP contribution in [0.5, 0.6) is 0 Å². The first-order valence-electron chi connectivity index (χ1n) is 6.83. The molecule has 2 unspecified atom stereocenters. The number of benzene rings is 1. The molecule has 1 saturated carbocycles. The van der Waals surface area contributed by atoms with Crippen molar-refractivity contribution in [3.05, 3.63) is 28.2 Å². The Kier molecular flexibility index (Phi) is 4.85. The maximum absolute atomic E-state index is 5.87. The molecule has 2 atom stereocenters. The van der Waals surface area contributed by atoms with Gasteiger partial charge in [-0.2, -0.15) is 0 Å². The molecule has 0 saturated heterocycles. The molecular formula is C15H21BrN2S. The average Bonchev–Trinajstić information content (AvgIpc) is 2.38. The summed E-state index contributed by atoms with van der Waals surface area (Å²) in [6.45, 7) is 2.35. The van der Waals surface area contributed by atoms with Gasteiger partial charge in [0.15, 0.2) is 0 Å². The van der Waals surface area contributed by atoms with Gasteiger partial charge >= 0.3 is 0 Å². The third-order valence-corrected chi connectivity index (χ3v) is 4.88. The second kappa shape index (κ2) is 6.23. The second-order valence-electron chi connectivity index (χ2n) is 5.47. The fourth-order valence-electron chi connectivity index (χ4n) is 3.06. The van der Waals surface area contributed by atoms with Crippen molar-refractivity contribution in [1.29, 1.82) is 0 Å². The zero-order chi connectivity index (χ0) is 14.0. The third kappa shape index (κ3) is 3.29. The van der Waals surface area contributed by atoms with E-state index in [0.717, 1.165) is 21.6 Å². The van der Waals surface area contributed by atoms with Gasteiger partial charge in [-0.05, 0) is 37.0 Å². The molecule has 1 aromatic rings. The number of halogens is 1. The van der Waals surface area contributed by atoms with Crippen molar-refractivity contribution < 1.29 is 0 Å². The summed E-state index contributed by atoms with van der Waals surface area (Å²) in [6, 6.07) is 6.77. The van der Waals surface area contributed by atoms with Crippen LogP contribution >= 0.6 is 28.1 Å².